The van der Waals surface area contributed by atoms with Gasteiger partial charge in [0.05, 0.1) is 0 Å². The third-order valence-corrected chi connectivity index (χ3v) is 4.26. The van der Waals surface area contributed by atoms with Gasteiger partial charge in [0.25, 0.3) is 0 Å². The van der Waals surface area contributed by atoms with E-state index in [0.29, 0.717) is 23.8 Å². The molecule has 0 unspecified atom stereocenters. The number of aromatic nitrogens is 1. The Balaban J connectivity index is 1.73. The Hall–Kier alpha value is -3.67. The Morgan fingerprint density at radius 3 is 2.38 bits per heavy atom. The summed E-state index contributed by atoms with van der Waals surface area (Å²) < 4.78 is 10.3. The number of hydrogen-bond donors (Lipinski definition) is 4. The second-order valence-electron chi connectivity index (χ2n) is 7.51. The van der Waals surface area contributed by atoms with Crippen LogP contribution in [-0.4, -0.2) is 41.1 Å². The van der Waals surface area contributed by atoms with Gasteiger partial charge in [0, 0.05) is 18.8 Å². The van der Waals surface area contributed by atoms with Crippen LogP contribution < -0.4 is 26.2 Å². The molecule has 1 aromatic carbocycles. The van der Waals surface area contributed by atoms with Crippen molar-refractivity contribution in [3.8, 4) is 5.75 Å². The number of ether oxygens (including phenoxy) is 2. The Bertz CT molecular complexity index is 968. The van der Waals surface area contributed by atoms with Crippen molar-refractivity contribution in [3.05, 3.63) is 40.9 Å². The van der Waals surface area contributed by atoms with Gasteiger partial charge in [-0.1, -0.05) is 12.1 Å². The maximum Gasteiger partial charge on any atom is 0.426 e. The van der Waals surface area contributed by atoms with Crippen molar-refractivity contribution in [2.24, 2.45) is 0 Å². The van der Waals surface area contributed by atoms with E-state index in [9.17, 15) is 19.2 Å². The summed E-state index contributed by atoms with van der Waals surface area (Å²) in [6.07, 6.45) is -0.248. The summed E-state index contributed by atoms with van der Waals surface area (Å²) >= 11 is 1.12. The first-order chi connectivity index (χ1) is 15.0. The molecule has 2 aromatic rings. The van der Waals surface area contributed by atoms with Gasteiger partial charge < -0.3 is 20.1 Å². The highest BCUT2D eigenvalue weighted by molar-refractivity contribution is 7.14. The Kier molecular flexibility index (Phi) is 8.53. The predicted molar refractivity (Wildman–Crippen MR) is 117 cm³/mol. The molecule has 12 heteroatoms. The molecule has 0 aliphatic carbocycles. The van der Waals surface area contributed by atoms with Gasteiger partial charge in [0.2, 0.25) is 5.91 Å². The Labute approximate surface area is 188 Å². The quantitative estimate of drug-likeness (QED) is 0.292. The number of carbonyl (C=O) groups excluding carboxylic acids is 4. The first-order valence-electron chi connectivity index (χ1n) is 9.59. The number of hydrazine groups is 1. The monoisotopic (exact) mass is 463 g/mol. The molecule has 1 aromatic heterocycles. The summed E-state index contributed by atoms with van der Waals surface area (Å²) in [5.41, 5.74) is 4.65. The fourth-order valence-corrected chi connectivity index (χ4v) is 2.96. The predicted octanol–water partition coefficient (Wildman–Crippen LogP) is 2.60. The van der Waals surface area contributed by atoms with Gasteiger partial charge in [0.1, 0.15) is 11.4 Å². The second kappa shape index (κ2) is 11.1. The molecule has 2 rings (SSSR count). The normalized spacial score (nSPS) is 10.6. The van der Waals surface area contributed by atoms with Crippen molar-refractivity contribution in [2.75, 3.05) is 11.9 Å². The third kappa shape index (κ3) is 9.00. The lowest BCUT2D eigenvalue weighted by Gasteiger charge is -2.19. The number of hydrogen-bond acceptors (Lipinski definition) is 8. The van der Waals surface area contributed by atoms with Crippen LogP contribution in [0.5, 0.6) is 5.75 Å². The molecule has 0 atom stereocenters. The van der Waals surface area contributed by atoms with E-state index >= 15 is 0 Å². The van der Waals surface area contributed by atoms with Crippen LogP contribution in [0.25, 0.3) is 0 Å². The first kappa shape index (κ1) is 24.6. The molecule has 0 saturated heterocycles. The number of anilines is 1. The fourth-order valence-electron chi connectivity index (χ4n) is 2.23. The molecule has 0 bridgehead atoms. The first-order valence-corrected chi connectivity index (χ1v) is 10.5. The second-order valence-corrected chi connectivity index (χ2v) is 8.37. The SMILES string of the molecule is CC(=O)Nc1nc(C(=O)Oc2ccc(CCNC(=O)NNC(=O)OC(C)(C)C)cc2)cs1. The number of benzene rings is 1. The summed E-state index contributed by atoms with van der Waals surface area (Å²) in [5.74, 6) is -0.581. The molecule has 0 saturated carbocycles. The van der Waals surface area contributed by atoms with Crippen molar-refractivity contribution in [2.45, 2.75) is 39.7 Å². The number of thiazole rings is 1. The van der Waals surface area contributed by atoms with Crippen LogP contribution in [0.2, 0.25) is 0 Å². The number of nitrogens with zero attached hydrogens (tertiary/aromatic N) is 1. The largest absolute Gasteiger partial charge is 0.443 e. The van der Waals surface area contributed by atoms with Gasteiger partial charge in [-0.15, -0.1) is 11.3 Å². The van der Waals surface area contributed by atoms with Crippen molar-refractivity contribution in [3.63, 3.8) is 0 Å². The van der Waals surface area contributed by atoms with Crippen LogP contribution in [0.3, 0.4) is 0 Å². The lowest BCUT2D eigenvalue weighted by molar-refractivity contribution is -0.114. The van der Waals surface area contributed by atoms with E-state index in [-0.39, 0.29) is 11.6 Å². The average molecular weight is 464 g/mol. The van der Waals surface area contributed by atoms with E-state index in [0.717, 1.165) is 16.9 Å². The molecule has 0 spiro atoms. The van der Waals surface area contributed by atoms with Gasteiger partial charge in [-0.3, -0.25) is 4.79 Å². The van der Waals surface area contributed by atoms with E-state index in [1.165, 1.54) is 12.3 Å². The molecule has 0 radical (unpaired) electrons. The van der Waals surface area contributed by atoms with Gasteiger partial charge >= 0.3 is 18.1 Å². The molecule has 11 nitrogen and oxygen atoms in total. The number of rotatable bonds is 6. The molecule has 1 heterocycles. The number of urea groups is 1. The summed E-state index contributed by atoms with van der Waals surface area (Å²) in [6.45, 7) is 6.79. The highest BCUT2D eigenvalue weighted by Crippen LogP contribution is 2.18. The number of amides is 4. The van der Waals surface area contributed by atoms with E-state index in [2.05, 4.69) is 26.5 Å². The van der Waals surface area contributed by atoms with E-state index in [1.807, 2.05) is 0 Å². The Morgan fingerprint density at radius 2 is 1.75 bits per heavy atom. The highest BCUT2D eigenvalue weighted by atomic mass is 32.1. The molecule has 4 N–H and O–H groups in total. The van der Waals surface area contributed by atoms with Crippen LogP contribution in [0.4, 0.5) is 14.7 Å². The topological polar surface area (TPSA) is 148 Å². The van der Waals surface area contributed by atoms with E-state index < -0.39 is 23.7 Å². The maximum atomic E-state index is 12.1. The van der Waals surface area contributed by atoms with E-state index in [1.54, 1.807) is 45.0 Å². The lowest BCUT2D eigenvalue weighted by Crippen LogP contribution is -2.48. The molecular weight excluding hydrogens is 438 g/mol. The molecule has 0 aliphatic heterocycles. The minimum absolute atomic E-state index is 0.0954. The standard InChI is InChI=1S/C20H25N5O6S/c1-12(26)22-18-23-15(11-32-18)16(27)30-14-7-5-13(6-8-14)9-10-21-17(28)24-25-19(29)31-20(2,3)4/h5-8,11H,9-10H2,1-4H3,(H,25,29)(H2,21,24,28)(H,22,23,26). The zero-order valence-electron chi connectivity index (χ0n) is 18.1. The van der Waals surface area contributed by atoms with Gasteiger partial charge in [-0.05, 0) is 44.9 Å². The van der Waals surface area contributed by atoms with Crippen molar-refractivity contribution < 1.29 is 28.7 Å². The van der Waals surface area contributed by atoms with Crippen LogP contribution in [0.15, 0.2) is 29.6 Å². The van der Waals surface area contributed by atoms with Crippen molar-refractivity contribution in [1.29, 1.82) is 0 Å². The summed E-state index contributed by atoms with van der Waals surface area (Å²) in [4.78, 5) is 50.3. The van der Waals surface area contributed by atoms with Crippen LogP contribution in [-0.2, 0) is 16.0 Å². The zero-order chi connectivity index (χ0) is 23.7. The van der Waals surface area contributed by atoms with Gasteiger partial charge in [-0.2, -0.15) is 0 Å². The summed E-state index contributed by atoms with van der Waals surface area (Å²) in [7, 11) is 0. The lowest BCUT2D eigenvalue weighted by atomic mass is 10.1. The molecule has 4 amide bonds. The van der Waals surface area contributed by atoms with Gasteiger partial charge in [0.15, 0.2) is 10.8 Å². The van der Waals surface area contributed by atoms with Crippen LogP contribution in [0, 0.1) is 0 Å². The average Bonchev–Trinajstić information content (AvgIpc) is 3.14. The summed E-state index contributed by atoms with van der Waals surface area (Å²) in [5, 5.41) is 6.90. The van der Waals surface area contributed by atoms with Crippen molar-refractivity contribution in [1.82, 2.24) is 21.2 Å². The maximum absolute atomic E-state index is 12.1. The van der Waals surface area contributed by atoms with Crippen molar-refractivity contribution >= 4 is 40.5 Å². The van der Waals surface area contributed by atoms with Gasteiger partial charge in [-0.25, -0.2) is 30.2 Å². The minimum atomic E-state index is -0.762. The number of nitrogens with one attached hydrogen (secondary N) is 4. The highest BCUT2D eigenvalue weighted by Gasteiger charge is 2.16. The fraction of sp³-hybridized carbons (Fsp3) is 0.350. The van der Waals surface area contributed by atoms with Crippen LogP contribution >= 0.6 is 11.3 Å². The smallest absolute Gasteiger partial charge is 0.426 e. The number of esters is 1. The van der Waals surface area contributed by atoms with Crippen LogP contribution in [0.1, 0.15) is 43.7 Å². The molecule has 172 valence electrons. The number of carbonyl (C=O) groups is 4. The molecular formula is C20H25N5O6S. The zero-order valence-corrected chi connectivity index (χ0v) is 18.9. The third-order valence-electron chi connectivity index (χ3n) is 3.51. The Morgan fingerprint density at radius 1 is 1.06 bits per heavy atom. The van der Waals surface area contributed by atoms with E-state index in [4.69, 9.17) is 9.47 Å². The minimum Gasteiger partial charge on any atom is -0.443 e. The summed E-state index contributed by atoms with van der Waals surface area (Å²) in [6, 6.07) is 6.18. The molecule has 0 aliphatic rings. The molecule has 32 heavy (non-hydrogen) atoms. The molecule has 0 fully saturated rings.